The van der Waals surface area contributed by atoms with Gasteiger partial charge < -0.3 is 4.52 Å². The fraction of sp³-hybridized carbons (Fsp3) is 0.250. The lowest BCUT2D eigenvalue weighted by Gasteiger charge is -1.95. The molecule has 0 saturated carbocycles. The zero-order valence-corrected chi connectivity index (χ0v) is 10.2. The summed E-state index contributed by atoms with van der Waals surface area (Å²) in [6, 6.07) is 9.46. The zero-order chi connectivity index (χ0) is 12.1. The van der Waals surface area contributed by atoms with Crippen LogP contribution in [0.25, 0.3) is 0 Å². The van der Waals surface area contributed by atoms with Crippen molar-refractivity contribution in [1.29, 1.82) is 5.26 Å². The molecule has 0 atom stereocenters. The molecule has 17 heavy (non-hydrogen) atoms. The van der Waals surface area contributed by atoms with Crippen LogP contribution in [0.3, 0.4) is 0 Å². The topological polar surface area (TPSA) is 62.7 Å². The van der Waals surface area contributed by atoms with Gasteiger partial charge in [0, 0.05) is 0 Å². The molecule has 0 aliphatic heterocycles. The third-order valence-electron chi connectivity index (χ3n) is 2.22. The van der Waals surface area contributed by atoms with Gasteiger partial charge >= 0.3 is 0 Å². The van der Waals surface area contributed by atoms with Crippen LogP contribution in [0.15, 0.2) is 28.8 Å². The highest BCUT2D eigenvalue weighted by Crippen LogP contribution is 2.11. The van der Waals surface area contributed by atoms with Crippen LogP contribution >= 0.6 is 11.8 Å². The summed E-state index contributed by atoms with van der Waals surface area (Å²) in [5.74, 6) is 2.09. The summed E-state index contributed by atoms with van der Waals surface area (Å²) in [6.45, 7) is 0. The minimum absolute atomic E-state index is 0.604. The monoisotopic (exact) mass is 245 g/mol. The average Bonchev–Trinajstić information content (AvgIpc) is 2.78. The summed E-state index contributed by atoms with van der Waals surface area (Å²) in [5.41, 5.74) is 1.71. The van der Waals surface area contributed by atoms with Crippen molar-refractivity contribution >= 4 is 11.8 Å². The Bertz CT molecular complexity index is 527. The van der Waals surface area contributed by atoms with Crippen molar-refractivity contribution in [2.45, 2.75) is 12.2 Å². The quantitative estimate of drug-likeness (QED) is 0.827. The molecule has 0 spiro atoms. The maximum Gasteiger partial charge on any atom is 0.231 e. The molecule has 0 aliphatic carbocycles. The minimum Gasteiger partial charge on any atom is -0.339 e. The average molecular weight is 245 g/mol. The van der Waals surface area contributed by atoms with E-state index in [4.69, 9.17) is 9.78 Å². The number of thioether (sulfide) groups is 1. The van der Waals surface area contributed by atoms with Crippen LogP contribution < -0.4 is 0 Å². The third kappa shape index (κ3) is 3.08. The SMILES string of the molecule is CSCc1noc(Cc2ccc(C#N)cc2)n1. The molecule has 5 heteroatoms. The van der Waals surface area contributed by atoms with Crippen LogP contribution in [0.2, 0.25) is 0 Å². The molecule has 1 aromatic heterocycles. The maximum atomic E-state index is 8.69. The van der Waals surface area contributed by atoms with E-state index < -0.39 is 0 Å². The summed E-state index contributed by atoms with van der Waals surface area (Å²) < 4.78 is 5.14. The standard InChI is InChI=1S/C12H11N3OS/c1-17-8-11-14-12(16-15-11)6-9-2-4-10(7-13)5-3-9/h2-5H,6,8H2,1H3. The predicted molar refractivity (Wildman–Crippen MR) is 65.5 cm³/mol. The molecule has 2 aromatic rings. The van der Waals surface area contributed by atoms with E-state index in [1.807, 2.05) is 18.4 Å². The van der Waals surface area contributed by atoms with Gasteiger partial charge in [0.15, 0.2) is 5.82 Å². The molecule has 0 amide bonds. The highest BCUT2D eigenvalue weighted by atomic mass is 32.2. The Labute approximate surface area is 104 Å². The highest BCUT2D eigenvalue weighted by Gasteiger charge is 2.06. The van der Waals surface area contributed by atoms with Crippen molar-refractivity contribution in [3.8, 4) is 6.07 Å². The molecule has 4 nitrogen and oxygen atoms in total. The van der Waals surface area contributed by atoms with Crippen molar-refractivity contribution in [2.24, 2.45) is 0 Å². The molecule has 0 bridgehead atoms. The third-order valence-corrected chi connectivity index (χ3v) is 2.77. The first-order chi connectivity index (χ1) is 8.31. The molecule has 0 fully saturated rings. The van der Waals surface area contributed by atoms with E-state index >= 15 is 0 Å². The largest absolute Gasteiger partial charge is 0.339 e. The van der Waals surface area contributed by atoms with Crippen molar-refractivity contribution in [2.75, 3.05) is 6.26 Å². The van der Waals surface area contributed by atoms with Gasteiger partial charge in [0.05, 0.1) is 23.8 Å². The van der Waals surface area contributed by atoms with Crippen LogP contribution in [0.1, 0.15) is 22.8 Å². The first kappa shape index (κ1) is 11.7. The van der Waals surface area contributed by atoms with Gasteiger partial charge in [0.1, 0.15) is 0 Å². The van der Waals surface area contributed by atoms with Gasteiger partial charge in [-0.05, 0) is 24.0 Å². The van der Waals surface area contributed by atoms with E-state index in [0.717, 1.165) is 17.1 Å². The van der Waals surface area contributed by atoms with E-state index in [-0.39, 0.29) is 0 Å². The molecular weight excluding hydrogens is 234 g/mol. The van der Waals surface area contributed by atoms with Crippen LogP contribution in [-0.2, 0) is 12.2 Å². The van der Waals surface area contributed by atoms with Gasteiger partial charge in [-0.25, -0.2) is 0 Å². The summed E-state index contributed by atoms with van der Waals surface area (Å²) in [5, 5.41) is 12.6. The van der Waals surface area contributed by atoms with Crippen LogP contribution in [0.5, 0.6) is 0 Å². The van der Waals surface area contributed by atoms with Crippen LogP contribution in [0.4, 0.5) is 0 Å². The number of hydrogen-bond acceptors (Lipinski definition) is 5. The molecule has 0 unspecified atom stereocenters. The summed E-state index contributed by atoms with van der Waals surface area (Å²) in [6.07, 6.45) is 2.60. The van der Waals surface area contributed by atoms with Gasteiger partial charge in [0.25, 0.3) is 0 Å². The number of nitriles is 1. The summed E-state index contributed by atoms with van der Waals surface area (Å²) in [7, 11) is 0. The molecule has 2 rings (SSSR count). The lowest BCUT2D eigenvalue weighted by molar-refractivity contribution is 0.381. The van der Waals surface area contributed by atoms with E-state index in [2.05, 4.69) is 16.2 Å². The Morgan fingerprint density at radius 3 is 2.76 bits per heavy atom. The van der Waals surface area contributed by atoms with E-state index in [1.165, 1.54) is 0 Å². The Balaban J connectivity index is 2.06. The fourth-order valence-corrected chi connectivity index (χ4v) is 1.80. The van der Waals surface area contributed by atoms with Gasteiger partial charge in [-0.2, -0.15) is 22.0 Å². The number of aromatic nitrogens is 2. The second-order valence-corrected chi connectivity index (χ2v) is 4.39. The second-order valence-electron chi connectivity index (χ2n) is 3.52. The van der Waals surface area contributed by atoms with Crippen LogP contribution in [0, 0.1) is 11.3 Å². The molecular formula is C12H11N3OS. The van der Waals surface area contributed by atoms with E-state index in [0.29, 0.717) is 17.9 Å². The molecule has 0 radical (unpaired) electrons. The Morgan fingerprint density at radius 2 is 2.12 bits per heavy atom. The molecule has 86 valence electrons. The molecule has 0 N–H and O–H groups in total. The molecule has 1 heterocycles. The van der Waals surface area contributed by atoms with Crippen molar-refractivity contribution in [1.82, 2.24) is 10.1 Å². The number of hydrogen-bond donors (Lipinski definition) is 0. The lowest BCUT2D eigenvalue weighted by atomic mass is 10.1. The fourth-order valence-electron chi connectivity index (χ4n) is 1.42. The van der Waals surface area contributed by atoms with Crippen molar-refractivity contribution in [3.63, 3.8) is 0 Å². The van der Waals surface area contributed by atoms with Crippen molar-refractivity contribution in [3.05, 3.63) is 47.1 Å². The smallest absolute Gasteiger partial charge is 0.231 e. The molecule has 0 aliphatic rings. The Kier molecular flexibility index (Phi) is 3.78. The number of rotatable bonds is 4. The Hall–Kier alpha value is -1.80. The van der Waals surface area contributed by atoms with Crippen LogP contribution in [-0.4, -0.2) is 16.4 Å². The van der Waals surface area contributed by atoms with E-state index in [9.17, 15) is 0 Å². The van der Waals surface area contributed by atoms with Gasteiger partial charge in [-0.3, -0.25) is 0 Å². The minimum atomic E-state index is 0.604. The second kappa shape index (κ2) is 5.51. The zero-order valence-electron chi connectivity index (χ0n) is 9.38. The normalized spacial score (nSPS) is 10.1. The first-order valence-corrected chi connectivity index (χ1v) is 6.50. The lowest BCUT2D eigenvalue weighted by Crippen LogP contribution is -1.89. The molecule has 1 aromatic carbocycles. The van der Waals surface area contributed by atoms with E-state index in [1.54, 1.807) is 23.9 Å². The number of benzene rings is 1. The first-order valence-electron chi connectivity index (χ1n) is 5.11. The van der Waals surface area contributed by atoms with Gasteiger partial charge in [0.2, 0.25) is 5.89 Å². The molecule has 0 saturated heterocycles. The van der Waals surface area contributed by atoms with Gasteiger partial charge in [-0.15, -0.1) is 0 Å². The number of nitrogens with zero attached hydrogens (tertiary/aromatic N) is 3. The van der Waals surface area contributed by atoms with Crippen molar-refractivity contribution < 1.29 is 4.52 Å². The maximum absolute atomic E-state index is 8.69. The highest BCUT2D eigenvalue weighted by molar-refractivity contribution is 7.97. The Morgan fingerprint density at radius 1 is 1.35 bits per heavy atom. The predicted octanol–water partition coefficient (Wildman–Crippen LogP) is 2.40. The summed E-state index contributed by atoms with van der Waals surface area (Å²) >= 11 is 1.66. The summed E-state index contributed by atoms with van der Waals surface area (Å²) in [4.78, 5) is 4.27. The van der Waals surface area contributed by atoms with Gasteiger partial charge in [-0.1, -0.05) is 17.3 Å².